The van der Waals surface area contributed by atoms with Gasteiger partial charge in [-0.2, -0.15) is 0 Å². The third-order valence-electron chi connectivity index (χ3n) is 1.15. The first-order valence-corrected chi connectivity index (χ1v) is 4.44. The van der Waals surface area contributed by atoms with Crippen molar-refractivity contribution in [2.75, 3.05) is 0 Å². The van der Waals surface area contributed by atoms with Crippen LogP contribution in [0.2, 0.25) is 5.02 Å². The summed E-state index contributed by atoms with van der Waals surface area (Å²) in [7, 11) is 0. The second-order valence-corrected chi connectivity index (χ2v) is 3.43. The molecule has 0 fully saturated rings. The highest BCUT2D eigenvalue weighted by atomic mass is 79.9. The fourth-order valence-corrected chi connectivity index (χ4v) is 1.61. The topological polar surface area (TPSA) is 0 Å². The maximum absolute atomic E-state index is 5.72. The smallest absolute Gasteiger partial charge is 0.0485 e. The molecule has 0 nitrogen and oxygen atoms in total. The van der Waals surface area contributed by atoms with Gasteiger partial charge >= 0.3 is 0 Å². The Morgan fingerprint density at radius 3 is 2.60 bits per heavy atom. The summed E-state index contributed by atoms with van der Waals surface area (Å²) >= 11 is 14.7. The van der Waals surface area contributed by atoms with Crippen molar-refractivity contribution in [2.45, 2.75) is 5.88 Å². The average molecular weight is 240 g/mol. The summed E-state index contributed by atoms with van der Waals surface area (Å²) in [6.45, 7) is 0. The van der Waals surface area contributed by atoms with E-state index in [0.29, 0.717) is 5.88 Å². The molecule has 0 unspecified atom stereocenters. The van der Waals surface area contributed by atoms with E-state index in [9.17, 15) is 0 Å². The molecule has 3 heteroatoms. The summed E-state index contributed by atoms with van der Waals surface area (Å²) in [5, 5.41) is 0.721. The number of hydrogen-bond donors (Lipinski definition) is 0. The molecule has 0 saturated heterocycles. The molecule has 10 heavy (non-hydrogen) atoms. The minimum absolute atomic E-state index is 0.487. The molecule has 1 aromatic rings. The normalized spacial score (nSPS) is 9.90. The monoisotopic (exact) mass is 238 g/mol. The second kappa shape index (κ2) is 3.61. The molecule has 0 heterocycles. The van der Waals surface area contributed by atoms with Crippen LogP contribution in [0.25, 0.3) is 0 Å². The molecule has 1 aromatic carbocycles. The molecule has 0 aliphatic heterocycles. The van der Waals surface area contributed by atoms with E-state index in [1.165, 1.54) is 0 Å². The molecule has 0 aromatic heterocycles. The largest absolute Gasteiger partial charge is 0.122 e. The van der Waals surface area contributed by atoms with Crippen molar-refractivity contribution >= 4 is 39.1 Å². The van der Waals surface area contributed by atoms with Gasteiger partial charge in [0.2, 0.25) is 0 Å². The highest BCUT2D eigenvalue weighted by Crippen LogP contribution is 2.22. The lowest BCUT2D eigenvalue weighted by atomic mass is 10.2. The van der Waals surface area contributed by atoms with E-state index in [2.05, 4.69) is 15.9 Å². The Bertz CT molecular complexity index is 235. The SMILES string of the molecule is ClCc1cc(Cl)ccc1Br. The first-order chi connectivity index (χ1) is 4.74. The van der Waals surface area contributed by atoms with Crippen molar-refractivity contribution in [3.05, 3.63) is 33.3 Å². The van der Waals surface area contributed by atoms with Crippen LogP contribution in [-0.4, -0.2) is 0 Å². The lowest BCUT2D eigenvalue weighted by Crippen LogP contribution is -1.78. The van der Waals surface area contributed by atoms with Gasteiger partial charge in [0.05, 0.1) is 0 Å². The first kappa shape index (κ1) is 8.38. The Morgan fingerprint density at radius 1 is 1.40 bits per heavy atom. The van der Waals surface area contributed by atoms with E-state index in [-0.39, 0.29) is 0 Å². The average Bonchev–Trinajstić information content (AvgIpc) is 1.94. The Balaban J connectivity index is 3.09. The van der Waals surface area contributed by atoms with Crippen molar-refractivity contribution in [1.82, 2.24) is 0 Å². The molecule has 1 rings (SSSR count). The lowest BCUT2D eigenvalue weighted by Gasteiger charge is -1.98. The summed E-state index contributed by atoms with van der Waals surface area (Å²) in [5.74, 6) is 0.487. The van der Waals surface area contributed by atoms with Crippen LogP contribution in [0.4, 0.5) is 0 Å². The molecular formula is C7H5BrCl2. The van der Waals surface area contributed by atoms with Gasteiger partial charge < -0.3 is 0 Å². The van der Waals surface area contributed by atoms with Gasteiger partial charge in [-0.05, 0) is 23.8 Å². The van der Waals surface area contributed by atoms with Crippen LogP contribution in [0, 0.1) is 0 Å². The molecule has 0 amide bonds. The summed E-state index contributed by atoms with van der Waals surface area (Å²) in [6.07, 6.45) is 0. The van der Waals surface area contributed by atoms with Crippen molar-refractivity contribution in [1.29, 1.82) is 0 Å². The summed E-state index contributed by atoms with van der Waals surface area (Å²) < 4.78 is 1.01. The summed E-state index contributed by atoms with van der Waals surface area (Å²) in [4.78, 5) is 0. The van der Waals surface area contributed by atoms with Crippen molar-refractivity contribution in [3.8, 4) is 0 Å². The van der Waals surface area contributed by atoms with Gasteiger partial charge in [-0.3, -0.25) is 0 Å². The molecule has 0 aliphatic carbocycles. The van der Waals surface area contributed by atoms with Crippen LogP contribution >= 0.6 is 39.1 Å². The first-order valence-electron chi connectivity index (χ1n) is 2.74. The number of rotatable bonds is 1. The summed E-state index contributed by atoms with van der Waals surface area (Å²) in [5.41, 5.74) is 1.02. The minimum atomic E-state index is 0.487. The van der Waals surface area contributed by atoms with E-state index >= 15 is 0 Å². The quantitative estimate of drug-likeness (QED) is 0.654. The highest BCUT2D eigenvalue weighted by molar-refractivity contribution is 9.10. The maximum Gasteiger partial charge on any atom is 0.0485 e. The van der Waals surface area contributed by atoms with Gasteiger partial charge in [-0.15, -0.1) is 11.6 Å². The van der Waals surface area contributed by atoms with Crippen molar-refractivity contribution in [2.24, 2.45) is 0 Å². The van der Waals surface area contributed by atoms with Crippen LogP contribution in [0.1, 0.15) is 5.56 Å². The van der Waals surface area contributed by atoms with Crippen LogP contribution in [0.5, 0.6) is 0 Å². The van der Waals surface area contributed by atoms with Gasteiger partial charge in [-0.25, -0.2) is 0 Å². The van der Waals surface area contributed by atoms with Gasteiger partial charge in [0.15, 0.2) is 0 Å². The number of alkyl halides is 1. The molecule has 0 radical (unpaired) electrons. The highest BCUT2D eigenvalue weighted by Gasteiger charge is 1.97. The Labute approximate surface area is 78.3 Å². The molecule has 54 valence electrons. The third-order valence-corrected chi connectivity index (χ3v) is 2.45. The van der Waals surface area contributed by atoms with E-state index in [1.807, 2.05) is 18.2 Å². The van der Waals surface area contributed by atoms with Crippen LogP contribution in [0.15, 0.2) is 22.7 Å². The van der Waals surface area contributed by atoms with E-state index in [1.54, 1.807) is 0 Å². The Morgan fingerprint density at radius 2 is 2.10 bits per heavy atom. The molecule has 0 atom stereocenters. The van der Waals surface area contributed by atoms with Gasteiger partial charge in [0.1, 0.15) is 0 Å². The molecule has 0 saturated carbocycles. The fourth-order valence-electron chi connectivity index (χ4n) is 0.646. The predicted molar refractivity (Wildman–Crippen MR) is 48.7 cm³/mol. The molecule has 0 spiro atoms. The van der Waals surface area contributed by atoms with Crippen LogP contribution < -0.4 is 0 Å². The van der Waals surface area contributed by atoms with Crippen LogP contribution in [0.3, 0.4) is 0 Å². The number of halogens is 3. The fraction of sp³-hybridized carbons (Fsp3) is 0.143. The van der Waals surface area contributed by atoms with E-state index < -0.39 is 0 Å². The summed E-state index contributed by atoms with van der Waals surface area (Å²) in [6, 6.07) is 5.56. The number of hydrogen-bond acceptors (Lipinski definition) is 0. The van der Waals surface area contributed by atoms with Gasteiger partial charge in [0, 0.05) is 15.4 Å². The second-order valence-electron chi connectivity index (χ2n) is 1.87. The maximum atomic E-state index is 5.72. The van der Waals surface area contributed by atoms with Crippen molar-refractivity contribution in [3.63, 3.8) is 0 Å². The van der Waals surface area contributed by atoms with Crippen molar-refractivity contribution < 1.29 is 0 Å². The zero-order valence-electron chi connectivity index (χ0n) is 5.07. The molecule has 0 N–H and O–H groups in total. The lowest BCUT2D eigenvalue weighted by molar-refractivity contribution is 1.37. The minimum Gasteiger partial charge on any atom is -0.122 e. The van der Waals surface area contributed by atoms with E-state index in [4.69, 9.17) is 23.2 Å². The standard InChI is InChI=1S/C7H5BrCl2/c8-7-2-1-6(10)3-5(7)4-9/h1-3H,4H2. The zero-order chi connectivity index (χ0) is 7.56. The van der Waals surface area contributed by atoms with Gasteiger partial charge in [-0.1, -0.05) is 27.5 Å². The zero-order valence-corrected chi connectivity index (χ0v) is 8.17. The predicted octanol–water partition coefficient (Wildman–Crippen LogP) is 3.84. The Kier molecular flexibility index (Phi) is 3.02. The number of benzene rings is 1. The molecule has 0 aliphatic rings. The van der Waals surface area contributed by atoms with E-state index in [0.717, 1.165) is 15.1 Å². The van der Waals surface area contributed by atoms with Crippen LogP contribution in [-0.2, 0) is 5.88 Å². The molecule has 0 bridgehead atoms. The third kappa shape index (κ3) is 1.88. The molecular weight excluding hydrogens is 235 g/mol. The van der Waals surface area contributed by atoms with Gasteiger partial charge in [0.25, 0.3) is 0 Å². The Hall–Kier alpha value is 0.280.